The summed E-state index contributed by atoms with van der Waals surface area (Å²) in [5.41, 5.74) is -7.80. The summed E-state index contributed by atoms with van der Waals surface area (Å²) in [6.07, 6.45) is 0. The van der Waals surface area contributed by atoms with Crippen molar-refractivity contribution >= 4 is 62.5 Å². The van der Waals surface area contributed by atoms with Gasteiger partial charge in [-0.25, -0.2) is 4.79 Å². The molecule has 156 valence electrons. The summed E-state index contributed by atoms with van der Waals surface area (Å²) in [7, 11) is -6.18. The van der Waals surface area contributed by atoms with Crippen LogP contribution >= 0.6 is 34.8 Å². The van der Waals surface area contributed by atoms with E-state index < -0.39 is 44.4 Å². The summed E-state index contributed by atoms with van der Waals surface area (Å²) in [5, 5.41) is 11.0. The van der Waals surface area contributed by atoms with Gasteiger partial charge in [0.05, 0.1) is 31.9 Å². The van der Waals surface area contributed by atoms with Gasteiger partial charge in [0, 0.05) is 0 Å². The van der Waals surface area contributed by atoms with Crippen molar-refractivity contribution in [2.75, 3.05) is 5.32 Å². The van der Waals surface area contributed by atoms with Crippen molar-refractivity contribution in [3.05, 3.63) is 56.5 Å². The Kier molecular flexibility index (Phi) is 6.58. The molecule has 2 aromatic carbocycles. The highest BCUT2D eigenvalue weighted by atomic mass is 35.5. The second-order valence-corrected chi connectivity index (χ2v) is 7.85. The van der Waals surface area contributed by atoms with Crippen LogP contribution in [0.3, 0.4) is 0 Å². The molecule has 0 aromatic heterocycles. The van der Waals surface area contributed by atoms with E-state index >= 15 is 0 Å². The third kappa shape index (κ3) is 4.86. The summed E-state index contributed by atoms with van der Waals surface area (Å²) in [6, 6.07) is 4.86. The molecule has 0 fully saturated rings. The number of anilines is 1. The molecule has 2 N–H and O–H groups in total. The number of hydrogen-bond acceptors (Lipinski definition) is 5. The number of nitrogens with one attached hydrogen (secondary N) is 1. The van der Waals surface area contributed by atoms with Crippen LogP contribution in [0.2, 0.25) is 15.1 Å². The normalized spacial score (nSPS) is 11.8. The van der Waals surface area contributed by atoms with Gasteiger partial charge in [-0.3, -0.25) is 4.79 Å². The Balaban J connectivity index is 2.57. The van der Waals surface area contributed by atoms with Gasteiger partial charge in [0.2, 0.25) is 0 Å². The number of carboxylic acid groups (broad SMARTS) is 1. The molecule has 0 radical (unpaired) electrons. The zero-order valence-corrected chi connectivity index (χ0v) is 16.6. The van der Waals surface area contributed by atoms with E-state index in [-0.39, 0.29) is 20.8 Å². The first kappa shape index (κ1) is 23.1. The van der Waals surface area contributed by atoms with Crippen LogP contribution in [-0.4, -0.2) is 30.9 Å². The van der Waals surface area contributed by atoms with Gasteiger partial charge >= 0.3 is 21.6 Å². The molecule has 0 aliphatic carbocycles. The topological polar surface area (TPSA) is 110 Å². The monoisotopic (exact) mass is 491 g/mol. The molecule has 2 aromatic rings. The fraction of sp³-hybridized carbons (Fsp3) is 0.0667. The molecule has 14 heteroatoms. The largest absolute Gasteiger partial charge is 0.534 e. The van der Waals surface area contributed by atoms with Crippen molar-refractivity contribution in [1.29, 1.82) is 0 Å². The Morgan fingerprint density at radius 1 is 1.03 bits per heavy atom. The summed E-state index contributed by atoms with van der Waals surface area (Å²) in [5.74, 6) is -4.21. The minimum absolute atomic E-state index is 0.0286. The number of alkyl halides is 3. The maximum absolute atomic E-state index is 12.6. The van der Waals surface area contributed by atoms with Crippen molar-refractivity contribution < 1.29 is 40.5 Å². The smallest absolute Gasteiger partial charge is 0.478 e. The lowest BCUT2D eigenvalue weighted by Gasteiger charge is -2.15. The third-order valence-electron chi connectivity index (χ3n) is 3.25. The fourth-order valence-corrected chi connectivity index (χ4v) is 3.04. The number of hydrogen-bond donors (Lipinski definition) is 2. The van der Waals surface area contributed by atoms with Crippen LogP contribution < -0.4 is 9.50 Å². The number of carbonyl (C=O) groups is 2. The number of carbonyl (C=O) groups excluding carboxylic acids is 1. The Morgan fingerprint density at radius 2 is 1.66 bits per heavy atom. The van der Waals surface area contributed by atoms with E-state index in [9.17, 15) is 36.3 Å². The number of aromatic carboxylic acids is 1. The molecule has 2 rings (SSSR count). The SMILES string of the molecule is O=C(O)c1cccc(OS(=O)(=O)C(F)(F)F)c1C(=O)Nc1ccc(Cl)c(Cl)c1Cl. The van der Waals surface area contributed by atoms with Gasteiger partial charge in [-0.1, -0.05) is 40.9 Å². The van der Waals surface area contributed by atoms with Gasteiger partial charge < -0.3 is 14.6 Å². The van der Waals surface area contributed by atoms with Gasteiger partial charge in [-0.05, 0) is 24.3 Å². The molecule has 0 atom stereocenters. The molecule has 0 heterocycles. The summed E-state index contributed by atoms with van der Waals surface area (Å²) < 4.78 is 64.4. The highest BCUT2D eigenvalue weighted by Crippen LogP contribution is 2.37. The molecule has 1 amide bonds. The van der Waals surface area contributed by atoms with Crippen molar-refractivity contribution in [1.82, 2.24) is 0 Å². The molecule has 0 spiro atoms. The van der Waals surface area contributed by atoms with E-state index in [4.69, 9.17) is 34.8 Å². The first-order chi connectivity index (χ1) is 13.3. The number of benzene rings is 2. The van der Waals surface area contributed by atoms with Crippen LogP contribution in [0.25, 0.3) is 0 Å². The molecule has 0 bridgehead atoms. The highest BCUT2D eigenvalue weighted by molar-refractivity contribution is 7.88. The molecule has 0 saturated carbocycles. The van der Waals surface area contributed by atoms with Crippen LogP contribution in [0.1, 0.15) is 20.7 Å². The van der Waals surface area contributed by atoms with E-state index in [0.717, 1.165) is 12.1 Å². The van der Waals surface area contributed by atoms with Crippen molar-refractivity contribution in [3.8, 4) is 5.75 Å². The van der Waals surface area contributed by atoms with Crippen molar-refractivity contribution in [3.63, 3.8) is 0 Å². The van der Waals surface area contributed by atoms with Crippen LogP contribution in [0, 0.1) is 0 Å². The maximum atomic E-state index is 12.6. The Labute approximate surface area is 176 Å². The van der Waals surface area contributed by atoms with E-state index in [1.165, 1.54) is 12.1 Å². The standard InChI is InChI=1S/C15H7Cl3F3NO6S/c16-7-4-5-8(12(18)11(7)17)22-13(23)10-6(14(24)25)2-1-3-9(10)28-29(26,27)15(19,20)21/h1-5H,(H,22,23)(H,24,25). The third-order valence-corrected chi connectivity index (χ3v) is 5.51. The van der Waals surface area contributed by atoms with Gasteiger partial charge in [-0.2, -0.15) is 21.6 Å². The molecule has 0 aliphatic rings. The molecule has 0 saturated heterocycles. The van der Waals surface area contributed by atoms with E-state index in [0.29, 0.717) is 6.07 Å². The van der Waals surface area contributed by atoms with Gasteiger partial charge in [0.15, 0.2) is 5.75 Å². The minimum Gasteiger partial charge on any atom is -0.478 e. The molecule has 0 aliphatic heterocycles. The first-order valence-corrected chi connectivity index (χ1v) is 9.62. The molecule has 29 heavy (non-hydrogen) atoms. The van der Waals surface area contributed by atoms with Crippen LogP contribution in [0.4, 0.5) is 18.9 Å². The zero-order chi connectivity index (χ0) is 22.1. The Morgan fingerprint density at radius 3 is 2.21 bits per heavy atom. The minimum atomic E-state index is -6.18. The maximum Gasteiger partial charge on any atom is 0.534 e. The lowest BCUT2D eigenvalue weighted by atomic mass is 10.1. The average molecular weight is 493 g/mol. The Bertz CT molecular complexity index is 1110. The number of carboxylic acids is 1. The molecule has 7 nitrogen and oxygen atoms in total. The lowest BCUT2D eigenvalue weighted by molar-refractivity contribution is -0.0500. The van der Waals surface area contributed by atoms with Crippen LogP contribution in [0.5, 0.6) is 5.75 Å². The number of rotatable bonds is 5. The predicted molar refractivity (Wildman–Crippen MR) is 98.4 cm³/mol. The fourth-order valence-electron chi connectivity index (χ4n) is 1.99. The predicted octanol–water partition coefficient (Wildman–Crippen LogP) is 4.83. The Hall–Kier alpha value is -2.21. The molecule has 0 unspecified atom stereocenters. The van der Waals surface area contributed by atoms with Crippen LogP contribution in [-0.2, 0) is 10.1 Å². The highest BCUT2D eigenvalue weighted by Gasteiger charge is 2.49. The molecular weight excluding hydrogens is 486 g/mol. The van der Waals surface area contributed by atoms with Crippen molar-refractivity contribution in [2.45, 2.75) is 5.51 Å². The quantitative estimate of drug-likeness (QED) is 0.352. The first-order valence-electron chi connectivity index (χ1n) is 7.08. The van der Waals surface area contributed by atoms with Gasteiger partial charge in [0.25, 0.3) is 5.91 Å². The zero-order valence-electron chi connectivity index (χ0n) is 13.6. The lowest BCUT2D eigenvalue weighted by Crippen LogP contribution is -2.29. The number of halogens is 6. The van der Waals surface area contributed by atoms with Crippen LogP contribution in [0.15, 0.2) is 30.3 Å². The molecular formula is C15H7Cl3F3NO6S. The number of amides is 1. The van der Waals surface area contributed by atoms with E-state index in [1.54, 1.807) is 0 Å². The van der Waals surface area contributed by atoms with Crippen molar-refractivity contribution in [2.24, 2.45) is 0 Å². The summed E-state index contributed by atoms with van der Waals surface area (Å²) >= 11 is 17.5. The second kappa shape index (κ2) is 8.27. The van der Waals surface area contributed by atoms with E-state index in [2.05, 4.69) is 9.50 Å². The average Bonchev–Trinajstić information content (AvgIpc) is 2.60. The summed E-state index contributed by atoms with van der Waals surface area (Å²) in [4.78, 5) is 24.0. The summed E-state index contributed by atoms with van der Waals surface area (Å²) in [6.45, 7) is 0. The second-order valence-electron chi connectivity index (χ2n) is 5.14. The van der Waals surface area contributed by atoms with Gasteiger partial charge in [0.1, 0.15) is 0 Å². The van der Waals surface area contributed by atoms with E-state index in [1.807, 2.05) is 0 Å². The van der Waals surface area contributed by atoms with Gasteiger partial charge in [-0.15, -0.1) is 0 Å².